The summed E-state index contributed by atoms with van der Waals surface area (Å²) in [6, 6.07) is 0. The second-order valence-corrected chi connectivity index (χ2v) is 1.63. The zero-order valence-electron chi connectivity index (χ0n) is 4.31. The van der Waals surface area contributed by atoms with Crippen molar-refractivity contribution < 1.29 is 0 Å². The quantitative estimate of drug-likeness (QED) is 0.472. The molecule has 0 amide bonds. The minimum absolute atomic E-state index is 0.839. The molecule has 0 unspecified atom stereocenters. The van der Waals surface area contributed by atoms with Crippen molar-refractivity contribution in [1.82, 2.24) is 0 Å². The van der Waals surface area contributed by atoms with Gasteiger partial charge in [-0.05, 0) is 6.92 Å². The average Bonchev–Trinajstić information content (AvgIpc) is 1.91. The second kappa shape index (κ2) is 1.37. The van der Waals surface area contributed by atoms with E-state index in [0.29, 0.717) is 0 Å². The molecule has 0 aromatic carbocycles. The van der Waals surface area contributed by atoms with Crippen LogP contribution in [0.5, 0.6) is 0 Å². The van der Waals surface area contributed by atoms with Gasteiger partial charge in [-0.2, -0.15) is 0 Å². The third-order valence-corrected chi connectivity index (χ3v) is 1.06. The molecule has 1 aliphatic rings. The zero-order chi connectivity index (χ0) is 5.28. The summed E-state index contributed by atoms with van der Waals surface area (Å²) in [6.07, 6.45) is 2.66. The SMILES string of the molecule is CC1=C(N)CC=N1. The molecular weight excluding hydrogens is 88.1 g/mol. The Bertz CT molecular complexity index is 133. The van der Waals surface area contributed by atoms with E-state index in [4.69, 9.17) is 5.73 Å². The van der Waals surface area contributed by atoms with Crippen LogP contribution in [-0.4, -0.2) is 6.21 Å². The van der Waals surface area contributed by atoms with Gasteiger partial charge in [0.25, 0.3) is 0 Å². The molecule has 0 fully saturated rings. The molecule has 7 heavy (non-hydrogen) atoms. The van der Waals surface area contributed by atoms with E-state index in [1.54, 1.807) is 0 Å². The highest BCUT2D eigenvalue weighted by Gasteiger charge is 1.98. The summed E-state index contributed by atoms with van der Waals surface area (Å²) in [7, 11) is 0. The van der Waals surface area contributed by atoms with Crippen molar-refractivity contribution in [3.8, 4) is 0 Å². The normalized spacial score (nSPS) is 19.0. The smallest absolute Gasteiger partial charge is 0.0559 e. The van der Waals surface area contributed by atoms with Gasteiger partial charge in [-0.25, -0.2) is 0 Å². The standard InChI is InChI=1S/C5H8N2/c1-4-5(6)2-3-7-4/h3H,2,6H2,1H3. The summed E-state index contributed by atoms with van der Waals surface area (Å²) in [5, 5.41) is 0. The number of allylic oxidation sites excluding steroid dienone is 2. The van der Waals surface area contributed by atoms with Crippen molar-refractivity contribution in [3.05, 3.63) is 11.4 Å². The molecular formula is C5H8N2. The fraction of sp³-hybridized carbons (Fsp3) is 0.400. The van der Waals surface area contributed by atoms with Crippen molar-refractivity contribution in [2.45, 2.75) is 13.3 Å². The molecule has 1 aliphatic heterocycles. The highest BCUT2D eigenvalue weighted by atomic mass is 14.8. The van der Waals surface area contributed by atoms with E-state index in [9.17, 15) is 0 Å². The molecule has 2 N–H and O–H groups in total. The van der Waals surface area contributed by atoms with E-state index in [1.165, 1.54) is 0 Å². The van der Waals surface area contributed by atoms with Crippen LogP contribution in [0.3, 0.4) is 0 Å². The van der Waals surface area contributed by atoms with Crippen molar-refractivity contribution in [3.63, 3.8) is 0 Å². The molecule has 0 spiro atoms. The Hall–Kier alpha value is -0.790. The van der Waals surface area contributed by atoms with Crippen molar-refractivity contribution in [2.24, 2.45) is 10.7 Å². The molecule has 0 aromatic rings. The van der Waals surface area contributed by atoms with Crippen LogP contribution in [0.4, 0.5) is 0 Å². The van der Waals surface area contributed by atoms with Gasteiger partial charge in [-0.1, -0.05) is 0 Å². The Morgan fingerprint density at radius 1 is 1.86 bits per heavy atom. The maximum Gasteiger partial charge on any atom is 0.0559 e. The van der Waals surface area contributed by atoms with E-state index < -0.39 is 0 Å². The number of nitrogens with two attached hydrogens (primary N) is 1. The predicted molar refractivity (Wildman–Crippen MR) is 30.0 cm³/mol. The van der Waals surface area contributed by atoms with Gasteiger partial charge in [-0.3, -0.25) is 4.99 Å². The van der Waals surface area contributed by atoms with Crippen LogP contribution in [0.15, 0.2) is 16.4 Å². The molecule has 0 saturated heterocycles. The highest BCUT2D eigenvalue weighted by molar-refractivity contribution is 5.66. The van der Waals surface area contributed by atoms with Gasteiger partial charge < -0.3 is 5.73 Å². The Kier molecular flexibility index (Phi) is 0.855. The lowest BCUT2D eigenvalue weighted by Crippen LogP contribution is -1.94. The molecule has 0 bridgehead atoms. The first-order valence-electron chi connectivity index (χ1n) is 2.28. The molecule has 0 radical (unpaired) electrons. The number of hydrogen-bond acceptors (Lipinski definition) is 2. The van der Waals surface area contributed by atoms with E-state index >= 15 is 0 Å². The van der Waals surface area contributed by atoms with Crippen LogP contribution in [0.25, 0.3) is 0 Å². The monoisotopic (exact) mass is 96.1 g/mol. The second-order valence-electron chi connectivity index (χ2n) is 1.63. The van der Waals surface area contributed by atoms with Crippen molar-refractivity contribution >= 4 is 6.21 Å². The molecule has 0 saturated carbocycles. The third-order valence-electron chi connectivity index (χ3n) is 1.06. The van der Waals surface area contributed by atoms with Gasteiger partial charge in [0.15, 0.2) is 0 Å². The number of nitrogens with zero attached hydrogens (tertiary/aromatic N) is 1. The van der Waals surface area contributed by atoms with Gasteiger partial charge in [-0.15, -0.1) is 0 Å². The molecule has 0 aromatic heterocycles. The summed E-state index contributed by atoms with van der Waals surface area (Å²) >= 11 is 0. The maximum atomic E-state index is 5.43. The number of hydrogen-bond donors (Lipinski definition) is 1. The Morgan fingerprint density at radius 2 is 2.57 bits per heavy atom. The molecule has 0 aliphatic carbocycles. The molecule has 38 valence electrons. The molecule has 1 rings (SSSR count). The number of rotatable bonds is 0. The first kappa shape index (κ1) is 4.37. The van der Waals surface area contributed by atoms with Crippen LogP contribution < -0.4 is 5.73 Å². The van der Waals surface area contributed by atoms with Crippen LogP contribution in [0.2, 0.25) is 0 Å². The summed E-state index contributed by atoms with van der Waals surface area (Å²) in [5.74, 6) is 0. The van der Waals surface area contributed by atoms with Crippen LogP contribution in [-0.2, 0) is 0 Å². The first-order valence-corrected chi connectivity index (χ1v) is 2.28. The lowest BCUT2D eigenvalue weighted by Gasteiger charge is -1.86. The van der Waals surface area contributed by atoms with Gasteiger partial charge in [0.05, 0.1) is 5.70 Å². The summed E-state index contributed by atoms with van der Waals surface area (Å²) in [5.41, 5.74) is 7.31. The fourth-order valence-electron chi connectivity index (χ4n) is 0.512. The lowest BCUT2D eigenvalue weighted by molar-refractivity contribution is 1.18. The van der Waals surface area contributed by atoms with Crippen LogP contribution in [0, 0.1) is 0 Å². The summed E-state index contributed by atoms with van der Waals surface area (Å²) in [6.45, 7) is 1.92. The fourth-order valence-corrected chi connectivity index (χ4v) is 0.512. The van der Waals surface area contributed by atoms with Crippen molar-refractivity contribution in [2.75, 3.05) is 0 Å². The van der Waals surface area contributed by atoms with Gasteiger partial charge >= 0.3 is 0 Å². The topological polar surface area (TPSA) is 38.4 Å². The average molecular weight is 96.1 g/mol. The largest absolute Gasteiger partial charge is 0.400 e. The zero-order valence-corrected chi connectivity index (χ0v) is 4.31. The Morgan fingerprint density at radius 3 is 2.71 bits per heavy atom. The minimum Gasteiger partial charge on any atom is -0.400 e. The van der Waals surface area contributed by atoms with Crippen molar-refractivity contribution in [1.29, 1.82) is 0 Å². The number of aliphatic imine (C=N–C) groups is 1. The molecule has 0 atom stereocenters. The molecule has 2 nitrogen and oxygen atoms in total. The van der Waals surface area contributed by atoms with E-state index in [1.807, 2.05) is 13.1 Å². The first-order chi connectivity index (χ1) is 3.30. The molecule has 1 heterocycles. The van der Waals surface area contributed by atoms with Gasteiger partial charge in [0.2, 0.25) is 0 Å². The van der Waals surface area contributed by atoms with Gasteiger partial charge in [0.1, 0.15) is 0 Å². The predicted octanol–water partition coefficient (Wildman–Crippen LogP) is 0.651. The van der Waals surface area contributed by atoms with Gasteiger partial charge in [0, 0.05) is 18.3 Å². The van der Waals surface area contributed by atoms with Crippen LogP contribution in [0.1, 0.15) is 13.3 Å². The Labute approximate surface area is 42.7 Å². The summed E-state index contributed by atoms with van der Waals surface area (Å²) in [4.78, 5) is 3.95. The van der Waals surface area contributed by atoms with Crippen LogP contribution >= 0.6 is 0 Å². The lowest BCUT2D eigenvalue weighted by atomic mass is 10.3. The highest BCUT2D eigenvalue weighted by Crippen LogP contribution is 2.07. The Balaban J connectivity index is 2.79. The molecule has 2 heteroatoms. The third kappa shape index (κ3) is 0.633. The van der Waals surface area contributed by atoms with E-state index in [0.717, 1.165) is 17.8 Å². The minimum atomic E-state index is 0.839. The summed E-state index contributed by atoms with van der Waals surface area (Å²) < 4.78 is 0. The van der Waals surface area contributed by atoms with E-state index in [2.05, 4.69) is 4.99 Å². The van der Waals surface area contributed by atoms with E-state index in [-0.39, 0.29) is 0 Å². The maximum absolute atomic E-state index is 5.43.